The Hall–Kier alpha value is -4.75. The molecule has 1 aromatic heterocycles. The summed E-state index contributed by atoms with van der Waals surface area (Å²) in [6.07, 6.45) is 0.797. The summed E-state index contributed by atoms with van der Waals surface area (Å²) >= 11 is 0. The topological polar surface area (TPSA) is 185 Å². The van der Waals surface area contributed by atoms with Crippen molar-refractivity contribution in [1.82, 2.24) is 24.8 Å². The average molecular weight is 882 g/mol. The number of amides is 4. The summed E-state index contributed by atoms with van der Waals surface area (Å²) in [4.78, 5) is 63.3. The Bertz CT molecular complexity index is 2300. The van der Waals surface area contributed by atoms with E-state index in [1.807, 2.05) is 6.08 Å². The van der Waals surface area contributed by atoms with E-state index in [1.165, 1.54) is 13.8 Å². The van der Waals surface area contributed by atoms with Gasteiger partial charge in [-0.3, -0.25) is 24.0 Å². The Kier molecular flexibility index (Phi) is 10.5. The van der Waals surface area contributed by atoms with Crippen LogP contribution in [0.1, 0.15) is 108 Å². The van der Waals surface area contributed by atoms with Crippen molar-refractivity contribution in [3.63, 3.8) is 0 Å². The van der Waals surface area contributed by atoms with Gasteiger partial charge < -0.3 is 24.8 Å². The molecule has 1 spiro atoms. The van der Waals surface area contributed by atoms with Crippen LogP contribution in [0, 0.1) is 12.8 Å². The maximum Gasteiger partial charge on any atom is 0.573 e. The molecule has 0 radical (unpaired) electrons. The minimum atomic E-state index is -5.12. The lowest BCUT2D eigenvalue weighted by Crippen LogP contribution is -2.59. The molecule has 3 saturated carbocycles. The second-order valence-corrected chi connectivity index (χ2v) is 20.0. The molecule has 0 unspecified atom stereocenters. The third-order valence-electron chi connectivity index (χ3n) is 13.4. The number of carboxylic acid groups (broad SMARTS) is 1. The number of sulfonamides is 1. The van der Waals surface area contributed by atoms with Crippen molar-refractivity contribution >= 4 is 44.7 Å². The standard InChI is InChI=1S/C41H48F5N5O9S/c1-23-32-31(27-18-26(59-41(44,45)46)14-15-28(27)47-23)40(42,43)21-38(60-32)20-30-33(52)48-39(35(54)49-61(57,58)37(2)16-17-37)19-24(39)10-6-4-3-5-7-13-29(34(53)50(30)22-38)51(36(55)56)25-11-8-9-12-25/h6,10,14-15,18,24-25,29-30H,3-5,7-9,11-13,16-17,19-22H2,1-2H3,(H,48,52)(H,49,54)(H,55,56)/b10-6-/t24-,29+,30+,38+,39-/m1/s1. The summed E-state index contributed by atoms with van der Waals surface area (Å²) in [5.41, 5.74) is -4.65. The fourth-order valence-electron chi connectivity index (χ4n) is 9.80. The first kappa shape index (κ1) is 42.9. The minimum Gasteiger partial charge on any atom is -0.483 e. The number of aryl methyl sites for hydroxylation is 1. The third kappa shape index (κ3) is 7.96. The molecule has 332 valence electrons. The van der Waals surface area contributed by atoms with Crippen LogP contribution in [0.2, 0.25) is 0 Å². The quantitative estimate of drug-likeness (QED) is 0.219. The van der Waals surface area contributed by atoms with Crippen LogP contribution in [-0.2, 0) is 30.3 Å². The van der Waals surface area contributed by atoms with Gasteiger partial charge >= 0.3 is 12.5 Å². The van der Waals surface area contributed by atoms with Crippen LogP contribution in [0.15, 0.2) is 30.4 Å². The predicted molar refractivity (Wildman–Crippen MR) is 207 cm³/mol. The lowest BCUT2D eigenvalue weighted by atomic mass is 9.84. The van der Waals surface area contributed by atoms with E-state index in [2.05, 4.69) is 19.8 Å². The zero-order valence-corrected chi connectivity index (χ0v) is 34.5. The molecule has 4 heterocycles. The van der Waals surface area contributed by atoms with Crippen molar-refractivity contribution in [2.75, 3.05) is 6.54 Å². The highest BCUT2D eigenvalue weighted by Crippen LogP contribution is 2.55. The molecule has 14 nitrogen and oxygen atoms in total. The van der Waals surface area contributed by atoms with Gasteiger partial charge in [0.15, 0.2) is 5.75 Å². The van der Waals surface area contributed by atoms with Gasteiger partial charge in [-0.05, 0) is 83.4 Å². The maximum absolute atomic E-state index is 16.9. The molecule has 4 amide bonds. The van der Waals surface area contributed by atoms with Crippen LogP contribution in [0.3, 0.4) is 0 Å². The largest absolute Gasteiger partial charge is 0.573 e. The number of hydrogen-bond donors (Lipinski definition) is 3. The Morgan fingerprint density at radius 3 is 2.44 bits per heavy atom. The molecule has 3 aliphatic heterocycles. The van der Waals surface area contributed by atoms with E-state index in [4.69, 9.17) is 4.74 Å². The number of ether oxygens (including phenoxy) is 2. The third-order valence-corrected chi connectivity index (χ3v) is 15.6. The number of pyridine rings is 1. The van der Waals surface area contributed by atoms with Gasteiger partial charge in [0.1, 0.15) is 29.0 Å². The van der Waals surface area contributed by atoms with E-state index in [9.17, 15) is 41.1 Å². The molecule has 0 bridgehead atoms. The van der Waals surface area contributed by atoms with Crippen molar-refractivity contribution in [2.45, 2.75) is 150 Å². The number of rotatable bonds is 6. The Labute approximate surface area is 348 Å². The van der Waals surface area contributed by atoms with Crippen LogP contribution < -0.4 is 19.5 Å². The first-order valence-corrected chi connectivity index (χ1v) is 22.2. The van der Waals surface area contributed by atoms with Crippen molar-refractivity contribution in [3.8, 4) is 11.5 Å². The highest BCUT2D eigenvalue weighted by atomic mass is 32.2. The van der Waals surface area contributed by atoms with Gasteiger partial charge in [-0.2, -0.15) is 0 Å². The second-order valence-electron chi connectivity index (χ2n) is 17.8. The predicted octanol–water partition coefficient (Wildman–Crippen LogP) is 6.34. The van der Waals surface area contributed by atoms with E-state index < -0.39 is 123 Å². The number of halogens is 5. The van der Waals surface area contributed by atoms with Crippen LogP contribution in [0.4, 0.5) is 26.7 Å². The summed E-state index contributed by atoms with van der Waals surface area (Å²) < 4.78 is 111. The highest BCUT2D eigenvalue weighted by molar-refractivity contribution is 7.91. The molecule has 3 N–H and O–H groups in total. The molecule has 2 aromatic rings. The van der Waals surface area contributed by atoms with Crippen LogP contribution in [-0.4, -0.2) is 99.0 Å². The molecular formula is C41H48F5N5O9S. The van der Waals surface area contributed by atoms with Gasteiger partial charge in [0.2, 0.25) is 21.8 Å². The van der Waals surface area contributed by atoms with Gasteiger partial charge in [-0.15, -0.1) is 13.2 Å². The number of carbonyl (C=O) groups excluding carboxylic acids is 3. The van der Waals surface area contributed by atoms with Crippen molar-refractivity contribution in [3.05, 3.63) is 41.6 Å². The molecule has 4 fully saturated rings. The smallest absolute Gasteiger partial charge is 0.483 e. The molecule has 6 aliphatic rings. The first-order valence-electron chi connectivity index (χ1n) is 20.7. The van der Waals surface area contributed by atoms with Gasteiger partial charge in [0, 0.05) is 23.8 Å². The number of allylic oxidation sites excluding steroid dienone is 1. The lowest BCUT2D eigenvalue weighted by Gasteiger charge is -2.41. The summed E-state index contributed by atoms with van der Waals surface area (Å²) in [7, 11) is -4.16. The molecule has 20 heteroatoms. The monoisotopic (exact) mass is 881 g/mol. The number of alkyl halides is 5. The molecule has 5 atom stereocenters. The SMILES string of the molecule is Cc1nc2ccc(OC(F)(F)F)cc2c2c1O[C@@]1(C[C@H]3C(=O)N[C@]4(C(=O)NS(=O)(=O)C5(C)CC5)C[C@H]4/C=C\CCCCC[C@H](N(C(=O)O)C4CCCC4)C(=O)N3C1)CC2(F)F. The average Bonchev–Trinajstić information content (AvgIpc) is 3.94. The van der Waals surface area contributed by atoms with E-state index in [-0.39, 0.29) is 29.4 Å². The highest BCUT2D eigenvalue weighted by Gasteiger charge is 2.65. The van der Waals surface area contributed by atoms with Gasteiger partial charge in [-0.25, -0.2) is 27.0 Å². The van der Waals surface area contributed by atoms with E-state index >= 15 is 13.6 Å². The summed E-state index contributed by atoms with van der Waals surface area (Å²) in [5.74, 6) is -8.45. The fourth-order valence-corrected chi connectivity index (χ4v) is 11.1. The Balaban J connectivity index is 1.20. The lowest BCUT2D eigenvalue weighted by molar-refractivity contribution is -0.274. The normalized spacial score (nSPS) is 30.5. The van der Waals surface area contributed by atoms with Gasteiger partial charge in [-0.1, -0.05) is 37.8 Å². The van der Waals surface area contributed by atoms with E-state index in [1.54, 1.807) is 6.08 Å². The fraction of sp³-hybridized carbons (Fsp3) is 0.634. The maximum atomic E-state index is 16.9. The number of hydrogen-bond acceptors (Lipinski definition) is 9. The Morgan fingerprint density at radius 2 is 1.77 bits per heavy atom. The van der Waals surface area contributed by atoms with Crippen molar-refractivity contribution in [1.29, 1.82) is 0 Å². The number of fused-ring (bicyclic) bond motifs is 5. The summed E-state index contributed by atoms with van der Waals surface area (Å²) in [5, 5.41) is 12.9. The van der Waals surface area contributed by atoms with E-state index in [0.717, 1.165) is 40.8 Å². The molecule has 8 rings (SSSR count). The number of carbonyl (C=O) groups is 4. The number of aromatic nitrogens is 1. The number of benzene rings is 1. The molecule has 1 saturated heterocycles. The minimum absolute atomic E-state index is 0.0101. The summed E-state index contributed by atoms with van der Waals surface area (Å²) in [6, 6.07) is -0.572. The zero-order valence-electron chi connectivity index (χ0n) is 33.7. The van der Waals surface area contributed by atoms with Gasteiger partial charge in [0.05, 0.1) is 34.5 Å². The van der Waals surface area contributed by atoms with Crippen molar-refractivity contribution < 1.29 is 64.1 Å². The second kappa shape index (κ2) is 15.0. The number of nitrogens with zero attached hydrogens (tertiary/aromatic N) is 3. The molecule has 61 heavy (non-hydrogen) atoms. The Morgan fingerprint density at radius 1 is 1.07 bits per heavy atom. The first-order chi connectivity index (χ1) is 28.6. The van der Waals surface area contributed by atoms with Crippen LogP contribution in [0.25, 0.3) is 10.9 Å². The molecule has 1 aromatic carbocycles. The van der Waals surface area contributed by atoms with Crippen LogP contribution >= 0.6 is 0 Å². The number of nitrogens with one attached hydrogen (secondary N) is 2. The van der Waals surface area contributed by atoms with Gasteiger partial charge in [0.25, 0.3) is 11.8 Å². The zero-order chi connectivity index (χ0) is 43.9. The van der Waals surface area contributed by atoms with Crippen LogP contribution in [0.5, 0.6) is 11.5 Å². The molecule has 3 aliphatic carbocycles. The van der Waals surface area contributed by atoms with Crippen molar-refractivity contribution in [2.24, 2.45) is 5.92 Å². The summed E-state index contributed by atoms with van der Waals surface area (Å²) in [6.45, 7) is 2.25. The molecular weight excluding hydrogens is 834 g/mol. The van der Waals surface area contributed by atoms with E-state index in [0.29, 0.717) is 51.4 Å².